The highest BCUT2D eigenvalue weighted by molar-refractivity contribution is 5.70. The summed E-state index contributed by atoms with van der Waals surface area (Å²) in [6.45, 7) is 11.8. The number of aliphatic hydroxyl groups excluding tert-OH is 1. The SMILES string of the molecule is CCC(C)N(C)C(=O)OC[C@H](C)/C=C/C=C(\C)[C@H]1OC(=O)C[C@H](O)CC[C@@](C)(O)C/C=C/[C@@H]1C. The second-order valence-corrected chi connectivity index (χ2v) is 10.0. The maximum absolute atomic E-state index is 12.4. The van der Waals surface area contributed by atoms with Gasteiger partial charge in [0.05, 0.1) is 24.7 Å². The summed E-state index contributed by atoms with van der Waals surface area (Å²) in [5.41, 5.74) is -0.0624. The highest BCUT2D eigenvalue weighted by atomic mass is 16.6. The Labute approximate surface area is 205 Å². The zero-order valence-electron chi connectivity index (χ0n) is 22.0. The van der Waals surface area contributed by atoms with E-state index in [1.165, 1.54) is 0 Å². The fourth-order valence-corrected chi connectivity index (χ4v) is 3.62. The van der Waals surface area contributed by atoms with E-state index in [2.05, 4.69) is 0 Å². The molecule has 0 aromatic rings. The molecular formula is C27H45NO6. The number of amides is 1. The first-order chi connectivity index (χ1) is 15.9. The lowest BCUT2D eigenvalue weighted by atomic mass is 9.91. The van der Waals surface area contributed by atoms with Crippen molar-refractivity contribution in [2.75, 3.05) is 13.7 Å². The first kappa shape index (κ1) is 29.9. The third-order valence-corrected chi connectivity index (χ3v) is 6.41. The molecule has 0 aromatic carbocycles. The molecule has 7 nitrogen and oxygen atoms in total. The zero-order valence-corrected chi connectivity index (χ0v) is 22.0. The van der Waals surface area contributed by atoms with Gasteiger partial charge in [-0.25, -0.2) is 4.79 Å². The molecular weight excluding hydrogens is 434 g/mol. The summed E-state index contributed by atoms with van der Waals surface area (Å²) < 4.78 is 11.1. The summed E-state index contributed by atoms with van der Waals surface area (Å²) in [6, 6.07) is 0.126. The molecule has 6 atom stereocenters. The summed E-state index contributed by atoms with van der Waals surface area (Å²) in [7, 11) is 1.74. The summed E-state index contributed by atoms with van der Waals surface area (Å²) in [6.07, 6.45) is 9.92. The van der Waals surface area contributed by atoms with Gasteiger partial charge in [-0.15, -0.1) is 0 Å². The quantitative estimate of drug-likeness (QED) is 0.310. The number of aliphatic hydroxyl groups is 2. The Bertz CT molecular complexity index is 741. The molecule has 2 N–H and O–H groups in total. The molecule has 1 rings (SSSR count). The van der Waals surface area contributed by atoms with Crippen LogP contribution >= 0.6 is 0 Å². The van der Waals surface area contributed by atoms with Gasteiger partial charge in [0, 0.05) is 24.9 Å². The van der Waals surface area contributed by atoms with Crippen molar-refractivity contribution in [2.45, 2.75) is 97.5 Å². The van der Waals surface area contributed by atoms with Crippen molar-refractivity contribution >= 4 is 12.1 Å². The van der Waals surface area contributed by atoms with Gasteiger partial charge in [0.15, 0.2) is 0 Å². The van der Waals surface area contributed by atoms with Crippen molar-refractivity contribution in [3.63, 3.8) is 0 Å². The fourth-order valence-electron chi connectivity index (χ4n) is 3.62. The molecule has 0 fully saturated rings. The second-order valence-electron chi connectivity index (χ2n) is 10.0. The minimum Gasteiger partial charge on any atom is -0.457 e. The van der Waals surface area contributed by atoms with Crippen LogP contribution in [-0.2, 0) is 14.3 Å². The third kappa shape index (κ3) is 10.9. The normalized spacial score (nSPS) is 30.0. The lowest BCUT2D eigenvalue weighted by Crippen LogP contribution is -2.35. The van der Waals surface area contributed by atoms with Crippen molar-refractivity contribution in [2.24, 2.45) is 11.8 Å². The smallest absolute Gasteiger partial charge is 0.409 e. The molecule has 0 saturated carbocycles. The summed E-state index contributed by atoms with van der Waals surface area (Å²) in [5, 5.41) is 20.6. The Kier molecular flexibility index (Phi) is 12.6. The van der Waals surface area contributed by atoms with Crippen molar-refractivity contribution in [3.8, 4) is 0 Å². The van der Waals surface area contributed by atoms with Gasteiger partial charge in [0.25, 0.3) is 0 Å². The van der Waals surface area contributed by atoms with Gasteiger partial charge in [0.2, 0.25) is 0 Å². The molecule has 0 aromatic heterocycles. The van der Waals surface area contributed by atoms with Gasteiger partial charge in [-0.05, 0) is 52.0 Å². The molecule has 1 unspecified atom stereocenters. The zero-order chi connectivity index (χ0) is 25.9. The Hall–Kier alpha value is -2.12. The molecule has 0 aliphatic carbocycles. The molecule has 1 amide bonds. The van der Waals surface area contributed by atoms with Crippen LogP contribution in [0.15, 0.2) is 36.0 Å². The summed E-state index contributed by atoms with van der Waals surface area (Å²) in [5.74, 6) is -0.539. The van der Waals surface area contributed by atoms with E-state index in [9.17, 15) is 19.8 Å². The minimum atomic E-state index is -0.924. The monoisotopic (exact) mass is 479 g/mol. The van der Waals surface area contributed by atoms with E-state index in [-0.39, 0.29) is 37.0 Å². The first-order valence-corrected chi connectivity index (χ1v) is 12.4. The van der Waals surface area contributed by atoms with Crippen molar-refractivity contribution in [1.29, 1.82) is 0 Å². The van der Waals surface area contributed by atoms with Crippen molar-refractivity contribution in [3.05, 3.63) is 36.0 Å². The molecule has 194 valence electrons. The van der Waals surface area contributed by atoms with Gasteiger partial charge in [0.1, 0.15) is 6.10 Å². The summed E-state index contributed by atoms with van der Waals surface area (Å²) in [4.78, 5) is 26.1. The lowest BCUT2D eigenvalue weighted by Gasteiger charge is -2.27. The van der Waals surface area contributed by atoms with Crippen LogP contribution in [0, 0.1) is 11.8 Å². The van der Waals surface area contributed by atoms with Crippen LogP contribution in [0.3, 0.4) is 0 Å². The Morgan fingerprint density at radius 2 is 2.09 bits per heavy atom. The Balaban J connectivity index is 2.82. The molecule has 34 heavy (non-hydrogen) atoms. The Morgan fingerprint density at radius 1 is 1.41 bits per heavy atom. The number of rotatable bonds is 7. The van der Waals surface area contributed by atoms with Crippen LogP contribution in [0.2, 0.25) is 0 Å². The predicted octanol–water partition coefficient (Wildman–Crippen LogP) is 4.78. The predicted molar refractivity (Wildman–Crippen MR) is 134 cm³/mol. The average molecular weight is 480 g/mol. The van der Waals surface area contributed by atoms with E-state index < -0.39 is 23.8 Å². The maximum Gasteiger partial charge on any atom is 0.409 e. The van der Waals surface area contributed by atoms with Crippen LogP contribution in [-0.4, -0.2) is 64.7 Å². The number of esters is 1. The standard InChI is InChI=1S/C27H45NO6/c1-8-22(5)28(7)26(31)33-18-19(2)11-9-12-20(3)25-21(4)13-10-15-27(6,32)16-14-23(29)17-24(30)34-25/h9-13,19,21-23,25,29,32H,8,14-18H2,1-7H3/b11-9+,13-10+,20-12+/t19-,21+,22?,23-,25-,27+/m1/s1. The minimum absolute atomic E-state index is 0.0203. The molecule has 1 aliphatic rings. The molecule has 0 spiro atoms. The molecule has 0 bridgehead atoms. The highest BCUT2D eigenvalue weighted by Gasteiger charge is 2.26. The first-order valence-electron chi connectivity index (χ1n) is 12.4. The number of carbonyl (C=O) groups is 2. The second kappa shape index (κ2) is 14.3. The number of hydrogen-bond acceptors (Lipinski definition) is 6. The van der Waals surface area contributed by atoms with Gasteiger partial charge >= 0.3 is 12.1 Å². The number of hydrogen-bond donors (Lipinski definition) is 2. The number of allylic oxidation sites excluding steroid dienone is 2. The van der Waals surface area contributed by atoms with Crippen molar-refractivity contribution in [1.82, 2.24) is 4.90 Å². The van der Waals surface area contributed by atoms with Crippen LogP contribution in [0.25, 0.3) is 0 Å². The average Bonchev–Trinajstić information content (AvgIpc) is 2.77. The molecule has 0 saturated heterocycles. The van der Waals surface area contributed by atoms with Gasteiger partial charge in [-0.2, -0.15) is 0 Å². The number of nitrogens with zero attached hydrogens (tertiary/aromatic N) is 1. The van der Waals surface area contributed by atoms with Crippen LogP contribution in [0.5, 0.6) is 0 Å². The maximum atomic E-state index is 12.4. The van der Waals surface area contributed by atoms with E-state index >= 15 is 0 Å². The van der Waals surface area contributed by atoms with Crippen molar-refractivity contribution < 1.29 is 29.3 Å². The molecule has 7 heteroatoms. The number of carbonyl (C=O) groups excluding carboxylic acids is 2. The van der Waals surface area contributed by atoms with Crippen LogP contribution < -0.4 is 0 Å². The van der Waals surface area contributed by atoms with E-state index in [1.807, 2.05) is 65.0 Å². The van der Waals surface area contributed by atoms with E-state index in [0.717, 1.165) is 12.0 Å². The van der Waals surface area contributed by atoms with E-state index in [1.54, 1.807) is 18.9 Å². The fraction of sp³-hybridized carbons (Fsp3) is 0.704. The van der Waals surface area contributed by atoms with Crippen LogP contribution in [0.1, 0.15) is 73.6 Å². The largest absolute Gasteiger partial charge is 0.457 e. The van der Waals surface area contributed by atoms with E-state index in [4.69, 9.17) is 9.47 Å². The lowest BCUT2D eigenvalue weighted by molar-refractivity contribution is -0.151. The Morgan fingerprint density at radius 3 is 2.74 bits per heavy atom. The number of cyclic esters (lactones) is 1. The topological polar surface area (TPSA) is 96.3 Å². The van der Waals surface area contributed by atoms with Gasteiger partial charge < -0.3 is 24.6 Å². The summed E-state index contributed by atoms with van der Waals surface area (Å²) >= 11 is 0. The number of ether oxygens (including phenoxy) is 2. The van der Waals surface area contributed by atoms with Crippen LogP contribution in [0.4, 0.5) is 4.79 Å². The molecule has 0 radical (unpaired) electrons. The van der Waals surface area contributed by atoms with E-state index in [0.29, 0.717) is 19.3 Å². The van der Waals surface area contributed by atoms with Gasteiger partial charge in [-0.1, -0.05) is 51.2 Å². The third-order valence-electron chi connectivity index (χ3n) is 6.41. The molecule has 1 heterocycles. The molecule has 1 aliphatic heterocycles. The highest BCUT2D eigenvalue weighted by Crippen LogP contribution is 2.24. The van der Waals surface area contributed by atoms with Gasteiger partial charge in [-0.3, -0.25) is 4.79 Å².